The van der Waals surface area contributed by atoms with Crippen LogP contribution in [-0.2, 0) is 14.3 Å². The lowest BCUT2D eigenvalue weighted by Crippen LogP contribution is -2.51. The Kier molecular flexibility index (Phi) is 4.27. The molecule has 1 unspecified atom stereocenters. The second-order valence-corrected chi connectivity index (χ2v) is 5.23. The number of aliphatic hydroxyl groups is 1. The predicted octanol–water partition coefficient (Wildman–Crippen LogP) is 0.557. The van der Waals surface area contributed by atoms with Gasteiger partial charge in [0, 0.05) is 20.0 Å². The highest BCUT2D eigenvalue weighted by Crippen LogP contribution is 2.21. The minimum Gasteiger partial charge on any atom is -0.388 e. The molecule has 1 N–H and O–H groups in total. The van der Waals surface area contributed by atoms with Gasteiger partial charge in [-0.3, -0.25) is 14.5 Å². The summed E-state index contributed by atoms with van der Waals surface area (Å²) >= 11 is 0. The smallest absolute Gasteiger partial charge is 0.229 e. The Morgan fingerprint density at radius 1 is 1.41 bits per heavy atom. The van der Waals surface area contributed by atoms with Gasteiger partial charge in [0.1, 0.15) is 6.10 Å². The average Bonchev–Trinajstić information content (AvgIpc) is 2.22. The number of likely N-dealkylation sites (tertiary alicyclic amines) is 1. The van der Waals surface area contributed by atoms with E-state index in [1.54, 1.807) is 13.8 Å². The number of methoxy groups -OCH3 is 1. The molecule has 2 amide bonds. The molecular formula is C12H21NO4. The number of piperidine rings is 1. The fourth-order valence-corrected chi connectivity index (χ4v) is 1.76. The summed E-state index contributed by atoms with van der Waals surface area (Å²) < 4.78 is 5.13. The number of β-amino-alcohol motifs (C(OH)–C–C–N with tert-alkyl or cyclic N) is 1. The molecule has 1 atom stereocenters. The molecule has 17 heavy (non-hydrogen) atoms. The van der Waals surface area contributed by atoms with Gasteiger partial charge in [0.25, 0.3) is 0 Å². The Morgan fingerprint density at radius 3 is 2.29 bits per heavy atom. The summed E-state index contributed by atoms with van der Waals surface area (Å²) in [4.78, 5) is 24.6. The summed E-state index contributed by atoms with van der Waals surface area (Å²) in [7, 11) is 1.49. The van der Waals surface area contributed by atoms with Crippen LogP contribution in [0.2, 0.25) is 0 Å². The van der Waals surface area contributed by atoms with Gasteiger partial charge in [-0.2, -0.15) is 0 Å². The van der Waals surface area contributed by atoms with Crippen molar-refractivity contribution in [2.24, 2.45) is 5.92 Å². The Labute approximate surface area is 102 Å². The highest BCUT2D eigenvalue weighted by Gasteiger charge is 2.36. The normalized spacial score (nSPS) is 20.9. The fraction of sp³-hybridized carbons (Fsp3) is 0.833. The first-order chi connectivity index (χ1) is 7.77. The van der Waals surface area contributed by atoms with Crippen LogP contribution in [0.5, 0.6) is 0 Å². The van der Waals surface area contributed by atoms with Crippen molar-refractivity contribution in [3.8, 4) is 0 Å². The van der Waals surface area contributed by atoms with Crippen molar-refractivity contribution in [2.45, 2.75) is 45.3 Å². The van der Waals surface area contributed by atoms with Crippen LogP contribution in [0.4, 0.5) is 0 Å². The van der Waals surface area contributed by atoms with Crippen molar-refractivity contribution < 1.29 is 19.4 Å². The van der Waals surface area contributed by atoms with Gasteiger partial charge in [0.15, 0.2) is 0 Å². The first-order valence-electron chi connectivity index (χ1n) is 5.84. The van der Waals surface area contributed by atoms with Gasteiger partial charge < -0.3 is 9.84 Å². The molecule has 0 aromatic heterocycles. The van der Waals surface area contributed by atoms with E-state index in [2.05, 4.69) is 0 Å². The molecule has 1 heterocycles. The Hall–Kier alpha value is -0.940. The number of aliphatic hydroxyl groups excluding tert-OH is 1. The molecule has 0 aromatic carbocycles. The van der Waals surface area contributed by atoms with Gasteiger partial charge in [0.05, 0.1) is 12.1 Å². The molecule has 0 saturated carbocycles. The van der Waals surface area contributed by atoms with Crippen LogP contribution in [0.25, 0.3) is 0 Å². The third-order valence-electron chi connectivity index (χ3n) is 3.33. The maximum atomic E-state index is 11.7. The van der Waals surface area contributed by atoms with Crippen molar-refractivity contribution >= 4 is 11.8 Å². The second kappa shape index (κ2) is 5.14. The van der Waals surface area contributed by atoms with Crippen molar-refractivity contribution in [1.29, 1.82) is 0 Å². The summed E-state index contributed by atoms with van der Waals surface area (Å²) in [6, 6.07) is 0. The van der Waals surface area contributed by atoms with Crippen molar-refractivity contribution in [3.05, 3.63) is 0 Å². The number of nitrogens with zero attached hydrogens (tertiary/aromatic N) is 1. The lowest BCUT2D eigenvalue weighted by molar-refractivity contribution is -0.155. The molecule has 1 aliphatic heterocycles. The van der Waals surface area contributed by atoms with Gasteiger partial charge in [-0.25, -0.2) is 0 Å². The number of hydrogen-bond acceptors (Lipinski definition) is 4. The van der Waals surface area contributed by atoms with Gasteiger partial charge in [-0.15, -0.1) is 0 Å². The van der Waals surface area contributed by atoms with Crippen LogP contribution in [0.15, 0.2) is 0 Å². The van der Waals surface area contributed by atoms with E-state index in [9.17, 15) is 14.7 Å². The van der Waals surface area contributed by atoms with Gasteiger partial charge in [-0.1, -0.05) is 6.92 Å². The number of ether oxygens (including phenoxy) is 1. The third kappa shape index (κ3) is 3.26. The molecule has 1 fully saturated rings. The van der Waals surface area contributed by atoms with E-state index in [1.165, 1.54) is 7.11 Å². The van der Waals surface area contributed by atoms with E-state index < -0.39 is 11.7 Å². The van der Waals surface area contributed by atoms with Crippen LogP contribution in [0.3, 0.4) is 0 Å². The number of imide groups is 1. The summed E-state index contributed by atoms with van der Waals surface area (Å²) in [5.74, 6) is -0.321. The number of rotatable bonds is 4. The van der Waals surface area contributed by atoms with E-state index >= 15 is 0 Å². The standard InChI is InChI=1S/C12H21NO4/c1-8-5-10(15)13(11(16)6-8)7-9(14)12(2,3)17-4/h8-9,14H,5-7H2,1-4H3. The maximum Gasteiger partial charge on any atom is 0.229 e. The summed E-state index contributed by atoms with van der Waals surface area (Å²) in [6.07, 6.45) is -0.147. The lowest BCUT2D eigenvalue weighted by atomic mass is 9.95. The third-order valence-corrected chi connectivity index (χ3v) is 3.33. The molecule has 98 valence electrons. The zero-order valence-corrected chi connectivity index (χ0v) is 10.9. The molecule has 1 saturated heterocycles. The van der Waals surface area contributed by atoms with Crippen molar-refractivity contribution in [1.82, 2.24) is 4.90 Å². The number of carbonyl (C=O) groups is 2. The number of amides is 2. The highest BCUT2D eigenvalue weighted by atomic mass is 16.5. The van der Waals surface area contributed by atoms with E-state index in [0.717, 1.165) is 4.90 Å². The Balaban J connectivity index is 2.68. The minimum absolute atomic E-state index is 0.00519. The van der Waals surface area contributed by atoms with Crippen LogP contribution in [0.1, 0.15) is 33.6 Å². The SMILES string of the molecule is COC(C)(C)C(O)CN1C(=O)CC(C)CC1=O. The van der Waals surface area contributed by atoms with E-state index in [-0.39, 0.29) is 24.3 Å². The van der Waals surface area contributed by atoms with Gasteiger partial charge in [0.2, 0.25) is 11.8 Å². The Morgan fingerprint density at radius 2 is 1.88 bits per heavy atom. The zero-order chi connectivity index (χ0) is 13.2. The first-order valence-corrected chi connectivity index (χ1v) is 5.84. The van der Waals surface area contributed by atoms with Crippen molar-refractivity contribution in [2.75, 3.05) is 13.7 Å². The molecule has 0 aromatic rings. The topological polar surface area (TPSA) is 66.8 Å². The number of hydrogen-bond donors (Lipinski definition) is 1. The molecule has 5 nitrogen and oxygen atoms in total. The maximum absolute atomic E-state index is 11.7. The lowest BCUT2D eigenvalue weighted by Gasteiger charge is -2.35. The van der Waals surface area contributed by atoms with Crippen LogP contribution in [-0.4, -0.2) is 47.2 Å². The van der Waals surface area contributed by atoms with Crippen LogP contribution in [0, 0.1) is 5.92 Å². The molecule has 0 aliphatic carbocycles. The van der Waals surface area contributed by atoms with Gasteiger partial charge >= 0.3 is 0 Å². The molecular weight excluding hydrogens is 222 g/mol. The summed E-state index contributed by atoms with van der Waals surface area (Å²) in [5.41, 5.74) is -0.774. The van der Waals surface area contributed by atoms with E-state index in [4.69, 9.17) is 4.74 Å². The van der Waals surface area contributed by atoms with E-state index in [1.807, 2.05) is 6.92 Å². The highest BCUT2D eigenvalue weighted by molar-refractivity contribution is 5.97. The monoisotopic (exact) mass is 243 g/mol. The molecule has 5 heteroatoms. The zero-order valence-electron chi connectivity index (χ0n) is 10.9. The summed E-state index contributed by atoms with van der Waals surface area (Å²) in [6.45, 7) is 5.33. The average molecular weight is 243 g/mol. The molecule has 1 rings (SSSR count). The number of carbonyl (C=O) groups excluding carboxylic acids is 2. The summed E-state index contributed by atoms with van der Waals surface area (Å²) in [5, 5.41) is 9.96. The predicted molar refractivity (Wildman–Crippen MR) is 62.2 cm³/mol. The van der Waals surface area contributed by atoms with E-state index in [0.29, 0.717) is 12.8 Å². The first kappa shape index (κ1) is 14.1. The molecule has 0 bridgehead atoms. The van der Waals surface area contributed by atoms with Gasteiger partial charge in [-0.05, 0) is 19.8 Å². The fourth-order valence-electron chi connectivity index (χ4n) is 1.76. The molecule has 0 radical (unpaired) electrons. The van der Waals surface area contributed by atoms with Crippen LogP contribution >= 0.6 is 0 Å². The Bertz CT molecular complexity index is 296. The van der Waals surface area contributed by atoms with Crippen LogP contribution < -0.4 is 0 Å². The quantitative estimate of drug-likeness (QED) is 0.733. The largest absolute Gasteiger partial charge is 0.388 e. The molecule has 0 spiro atoms. The molecule has 1 aliphatic rings. The van der Waals surface area contributed by atoms with Crippen molar-refractivity contribution in [3.63, 3.8) is 0 Å². The minimum atomic E-state index is -0.881. The second-order valence-electron chi connectivity index (χ2n) is 5.23.